The van der Waals surface area contributed by atoms with E-state index in [0.29, 0.717) is 23.9 Å². The molecule has 2 aliphatic carbocycles. The summed E-state index contributed by atoms with van der Waals surface area (Å²) in [5.41, 5.74) is 3.25. The molecule has 1 unspecified atom stereocenters. The minimum atomic E-state index is -0.422. The molecule has 4 rings (SSSR count). The Bertz CT molecular complexity index is 805. The number of aliphatic hydroxyl groups excluding tert-OH is 1. The fourth-order valence-corrected chi connectivity index (χ4v) is 3.42. The van der Waals surface area contributed by atoms with Gasteiger partial charge in [0.25, 0.3) is 5.91 Å². The maximum atomic E-state index is 13.0. The molecule has 2 heterocycles. The Kier molecular flexibility index (Phi) is 3.60. The molecule has 0 saturated heterocycles. The second kappa shape index (κ2) is 5.55. The molecule has 1 atom stereocenters. The zero-order valence-electron chi connectivity index (χ0n) is 14.5. The Hall–Kier alpha value is -1.95. The van der Waals surface area contributed by atoms with E-state index in [0.717, 1.165) is 48.1 Å². The quantitative estimate of drug-likeness (QED) is 0.911. The number of aromatic nitrogens is 3. The summed E-state index contributed by atoms with van der Waals surface area (Å²) in [4.78, 5) is 19.4. The van der Waals surface area contributed by atoms with Crippen molar-refractivity contribution in [2.45, 2.75) is 44.6 Å². The van der Waals surface area contributed by atoms with Crippen molar-refractivity contribution < 1.29 is 9.90 Å². The van der Waals surface area contributed by atoms with Gasteiger partial charge in [-0.05, 0) is 44.6 Å². The van der Waals surface area contributed by atoms with Gasteiger partial charge >= 0.3 is 0 Å². The smallest absolute Gasteiger partial charge is 0.254 e. The first kappa shape index (κ1) is 15.6. The van der Waals surface area contributed by atoms with Crippen molar-refractivity contribution in [1.29, 1.82) is 0 Å². The molecule has 24 heavy (non-hydrogen) atoms. The number of hydrogen-bond donors (Lipinski definition) is 1. The number of rotatable bonds is 5. The zero-order valence-corrected chi connectivity index (χ0v) is 14.5. The van der Waals surface area contributed by atoms with Crippen molar-refractivity contribution in [2.75, 3.05) is 13.6 Å². The standard InChI is InChI=1S/C18H24N4O2/c1-10-16-13(18(24)21(2)9-15(23)12-6-7-12)8-14(11-4-5-11)19-17(16)22(3)20-10/h8,11-12,15,23H,4-7,9H2,1-3H3. The van der Waals surface area contributed by atoms with Crippen LogP contribution in [0, 0.1) is 12.8 Å². The third-order valence-electron chi connectivity index (χ3n) is 5.19. The molecule has 1 N–H and O–H groups in total. The van der Waals surface area contributed by atoms with Crippen LogP contribution in [-0.4, -0.2) is 50.4 Å². The summed E-state index contributed by atoms with van der Waals surface area (Å²) < 4.78 is 1.76. The fourth-order valence-electron chi connectivity index (χ4n) is 3.42. The minimum absolute atomic E-state index is 0.0555. The zero-order chi connectivity index (χ0) is 17.0. The number of likely N-dealkylation sites (N-methyl/N-ethyl adjacent to an activating group) is 1. The van der Waals surface area contributed by atoms with Gasteiger partial charge in [-0.1, -0.05) is 0 Å². The van der Waals surface area contributed by atoms with Gasteiger partial charge < -0.3 is 10.0 Å². The van der Waals surface area contributed by atoms with Gasteiger partial charge in [-0.15, -0.1) is 0 Å². The van der Waals surface area contributed by atoms with Gasteiger partial charge in [-0.25, -0.2) is 4.98 Å². The summed E-state index contributed by atoms with van der Waals surface area (Å²) in [5, 5.41) is 15.4. The highest BCUT2D eigenvalue weighted by Gasteiger charge is 2.33. The highest BCUT2D eigenvalue weighted by atomic mass is 16.3. The summed E-state index contributed by atoms with van der Waals surface area (Å²) in [6.07, 6.45) is 3.99. The first-order valence-electron chi connectivity index (χ1n) is 8.73. The molecule has 0 aliphatic heterocycles. The van der Waals surface area contributed by atoms with Gasteiger partial charge in [0, 0.05) is 32.3 Å². The molecule has 6 heteroatoms. The molecule has 128 valence electrons. The molecule has 2 aromatic rings. The molecule has 2 saturated carbocycles. The van der Waals surface area contributed by atoms with Crippen LogP contribution < -0.4 is 0 Å². The van der Waals surface area contributed by atoms with E-state index >= 15 is 0 Å². The van der Waals surface area contributed by atoms with E-state index in [4.69, 9.17) is 4.98 Å². The summed E-state index contributed by atoms with van der Waals surface area (Å²) in [6, 6.07) is 1.94. The van der Waals surface area contributed by atoms with Crippen LogP contribution in [0.4, 0.5) is 0 Å². The van der Waals surface area contributed by atoms with E-state index in [1.54, 1.807) is 16.6 Å². The Morgan fingerprint density at radius 2 is 2.12 bits per heavy atom. The van der Waals surface area contributed by atoms with Crippen LogP contribution in [0.15, 0.2) is 6.07 Å². The summed E-state index contributed by atoms with van der Waals surface area (Å²) >= 11 is 0. The predicted molar refractivity (Wildman–Crippen MR) is 90.9 cm³/mol. The second-order valence-corrected chi connectivity index (χ2v) is 7.37. The van der Waals surface area contributed by atoms with Crippen LogP contribution in [0.1, 0.15) is 53.3 Å². The molecular weight excluding hydrogens is 304 g/mol. The number of fused-ring (bicyclic) bond motifs is 1. The van der Waals surface area contributed by atoms with E-state index in [2.05, 4.69) is 5.10 Å². The topological polar surface area (TPSA) is 71.2 Å². The number of hydrogen-bond acceptors (Lipinski definition) is 4. The van der Waals surface area contributed by atoms with E-state index in [1.165, 1.54) is 0 Å². The lowest BCUT2D eigenvalue weighted by Gasteiger charge is -2.21. The second-order valence-electron chi connectivity index (χ2n) is 7.37. The summed E-state index contributed by atoms with van der Waals surface area (Å²) in [6.45, 7) is 2.29. The number of amides is 1. The largest absolute Gasteiger partial charge is 0.391 e. The first-order valence-corrected chi connectivity index (χ1v) is 8.73. The van der Waals surface area contributed by atoms with Gasteiger partial charge in [0.1, 0.15) is 0 Å². The number of nitrogens with zero attached hydrogens (tertiary/aromatic N) is 4. The van der Waals surface area contributed by atoms with Gasteiger partial charge in [-0.2, -0.15) is 5.10 Å². The van der Waals surface area contributed by atoms with Crippen molar-refractivity contribution in [2.24, 2.45) is 13.0 Å². The van der Waals surface area contributed by atoms with Gasteiger partial charge in [0.2, 0.25) is 0 Å². The van der Waals surface area contributed by atoms with Gasteiger partial charge in [0.15, 0.2) is 5.65 Å². The van der Waals surface area contributed by atoms with Crippen LogP contribution in [0.5, 0.6) is 0 Å². The lowest BCUT2D eigenvalue weighted by molar-refractivity contribution is 0.0647. The van der Waals surface area contributed by atoms with Crippen molar-refractivity contribution >= 4 is 16.9 Å². The van der Waals surface area contributed by atoms with Gasteiger partial charge in [-0.3, -0.25) is 9.48 Å². The van der Waals surface area contributed by atoms with Gasteiger partial charge in [0.05, 0.1) is 22.7 Å². The molecule has 2 aliphatic rings. The molecule has 0 radical (unpaired) electrons. The maximum Gasteiger partial charge on any atom is 0.254 e. The van der Waals surface area contributed by atoms with E-state index in [9.17, 15) is 9.90 Å². The minimum Gasteiger partial charge on any atom is -0.391 e. The number of aliphatic hydroxyl groups is 1. The average molecular weight is 328 g/mol. The third-order valence-corrected chi connectivity index (χ3v) is 5.19. The monoisotopic (exact) mass is 328 g/mol. The fraction of sp³-hybridized carbons (Fsp3) is 0.611. The maximum absolute atomic E-state index is 13.0. The molecule has 2 fully saturated rings. The molecular formula is C18H24N4O2. The highest BCUT2D eigenvalue weighted by molar-refractivity contribution is 6.06. The van der Waals surface area contributed by atoms with Crippen molar-refractivity contribution in [3.8, 4) is 0 Å². The van der Waals surface area contributed by atoms with Crippen molar-refractivity contribution in [3.63, 3.8) is 0 Å². The Balaban J connectivity index is 1.72. The van der Waals surface area contributed by atoms with E-state index in [-0.39, 0.29) is 5.91 Å². The normalized spacial score (nSPS) is 18.8. The van der Waals surface area contributed by atoms with Crippen molar-refractivity contribution in [1.82, 2.24) is 19.7 Å². The van der Waals surface area contributed by atoms with Crippen LogP contribution in [-0.2, 0) is 7.05 Å². The molecule has 1 amide bonds. The lowest BCUT2D eigenvalue weighted by Crippen LogP contribution is -2.35. The van der Waals surface area contributed by atoms with Crippen LogP contribution in [0.25, 0.3) is 11.0 Å². The van der Waals surface area contributed by atoms with Crippen LogP contribution in [0.2, 0.25) is 0 Å². The number of pyridine rings is 1. The molecule has 0 bridgehead atoms. The number of carbonyl (C=O) groups excluding carboxylic acids is 1. The number of carbonyl (C=O) groups is 1. The molecule has 2 aromatic heterocycles. The lowest BCUT2D eigenvalue weighted by atomic mass is 10.1. The van der Waals surface area contributed by atoms with Crippen LogP contribution >= 0.6 is 0 Å². The SMILES string of the molecule is Cc1nn(C)c2nc(C3CC3)cc(C(=O)N(C)CC(O)C3CC3)c12. The third kappa shape index (κ3) is 2.69. The van der Waals surface area contributed by atoms with Crippen LogP contribution in [0.3, 0.4) is 0 Å². The highest BCUT2D eigenvalue weighted by Crippen LogP contribution is 2.40. The Labute approximate surface area is 141 Å². The van der Waals surface area contributed by atoms with E-state index in [1.807, 2.05) is 20.0 Å². The average Bonchev–Trinajstić information content (AvgIpc) is 3.45. The summed E-state index contributed by atoms with van der Waals surface area (Å²) in [5.74, 6) is 0.776. The first-order chi connectivity index (χ1) is 11.5. The predicted octanol–water partition coefficient (Wildman–Crippen LogP) is 2.00. The van der Waals surface area contributed by atoms with Crippen molar-refractivity contribution in [3.05, 3.63) is 23.0 Å². The van der Waals surface area contributed by atoms with E-state index < -0.39 is 6.10 Å². The number of aryl methyl sites for hydroxylation is 2. The summed E-state index contributed by atoms with van der Waals surface area (Å²) in [7, 11) is 3.64. The Morgan fingerprint density at radius 1 is 1.42 bits per heavy atom. The Morgan fingerprint density at radius 3 is 2.75 bits per heavy atom. The molecule has 0 spiro atoms. The molecule has 6 nitrogen and oxygen atoms in total. The molecule has 0 aromatic carbocycles.